The Balaban J connectivity index is 3.05. The molecular formula is C9H12F7NO3S. The zero-order chi connectivity index (χ0) is 16.7. The van der Waals surface area contributed by atoms with Gasteiger partial charge in [-0.2, -0.15) is 30.7 Å². The van der Waals surface area contributed by atoms with Gasteiger partial charge in [-0.05, 0) is 12.8 Å². The average molecular weight is 347 g/mol. The number of sulfonamides is 1. The summed E-state index contributed by atoms with van der Waals surface area (Å²) in [6.45, 7) is 0. The zero-order valence-electron chi connectivity index (χ0n) is 10.3. The van der Waals surface area contributed by atoms with E-state index in [2.05, 4.69) is 0 Å². The molecular weight excluding hydrogens is 335 g/mol. The van der Waals surface area contributed by atoms with Gasteiger partial charge in [-0.1, -0.05) is 12.8 Å². The van der Waals surface area contributed by atoms with Gasteiger partial charge in [0.25, 0.3) is 10.0 Å². The molecule has 0 heterocycles. The van der Waals surface area contributed by atoms with Crippen LogP contribution in [0.2, 0.25) is 0 Å². The summed E-state index contributed by atoms with van der Waals surface area (Å²) in [7, 11) is -6.35. The average Bonchev–Trinajstić information content (AvgIpc) is 2.30. The van der Waals surface area contributed by atoms with Gasteiger partial charge in [0.15, 0.2) is 0 Å². The Morgan fingerprint density at radius 2 is 1.43 bits per heavy atom. The maximum atomic E-state index is 13.2. The van der Waals surface area contributed by atoms with Gasteiger partial charge >= 0.3 is 17.4 Å². The van der Waals surface area contributed by atoms with E-state index >= 15 is 0 Å². The number of alkyl halides is 7. The molecule has 2 atom stereocenters. The highest BCUT2D eigenvalue weighted by Gasteiger charge is 2.78. The molecule has 1 fully saturated rings. The first kappa shape index (κ1) is 18.4. The lowest BCUT2D eigenvalue weighted by Gasteiger charge is -2.32. The normalized spacial score (nSPS) is 25.9. The summed E-state index contributed by atoms with van der Waals surface area (Å²) in [6.07, 6.45) is -7.53. The summed E-state index contributed by atoms with van der Waals surface area (Å²) in [4.78, 5) is 0. The van der Waals surface area contributed by atoms with Crippen molar-refractivity contribution in [1.29, 1.82) is 0 Å². The van der Waals surface area contributed by atoms with E-state index in [1.807, 2.05) is 0 Å². The van der Waals surface area contributed by atoms with Gasteiger partial charge in [0.05, 0.1) is 6.10 Å². The molecule has 21 heavy (non-hydrogen) atoms. The van der Waals surface area contributed by atoms with E-state index in [4.69, 9.17) is 0 Å². The van der Waals surface area contributed by atoms with Gasteiger partial charge in [0.2, 0.25) is 0 Å². The quantitative estimate of drug-likeness (QED) is 0.765. The summed E-state index contributed by atoms with van der Waals surface area (Å²) >= 11 is 0. The van der Waals surface area contributed by atoms with Crippen molar-refractivity contribution in [2.45, 2.75) is 55.2 Å². The molecule has 4 nitrogen and oxygen atoms in total. The van der Waals surface area contributed by atoms with Crippen molar-refractivity contribution in [2.75, 3.05) is 0 Å². The lowest BCUT2D eigenvalue weighted by Crippen LogP contribution is -2.61. The van der Waals surface area contributed by atoms with Crippen molar-refractivity contribution in [1.82, 2.24) is 4.72 Å². The minimum atomic E-state index is -6.76. The minimum Gasteiger partial charge on any atom is -0.391 e. The Kier molecular flexibility index (Phi) is 4.86. The summed E-state index contributed by atoms with van der Waals surface area (Å²) in [5.41, 5.74) is 0. The van der Waals surface area contributed by atoms with Gasteiger partial charge in [-0.15, -0.1) is 0 Å². The monoisotopic (exact) mass is 347 g/mol. The second-order valence-electron chi connectivity index (χ2n) is 4.67. The second-order valence-corrected chi connectivity index (χ2v) is 6.42. The van der Waals surface area contributed by atoms with Crippen LogP contribution in [-0.4, -0.2) is 43.0 Å². The van der Waals surface area contributed by atoms with E-state index in [9.17, 15) is 44.3 Å². The maximum absolute atomic E-state index is 13.2. The van der Waals surface area contributed by atoms with Crippen LogP contribution in [0, 0.1) is 0 Å². The predicted molar refractivity (Wildman–Crippen MR) is 56.3 cm³/mol. The molecule has 2 N–H and O–H groups in total. The number of aliphatic hydroxyl groups excluding tert-OH is 1. The van der Waals surface area contributed by atoms with Crippen molar-refractivity contribution < 1.29 is 44.3 Å². The number of nitrogens with one attached hydrogen (secondary N) is 1. The van der Waals surface area contributed by atoms with Crippen LogP contribution in [0.5, 0.6) is 0 Å². The molecule has 12 heteroatoms. The highest BCUT2D eigenvalue weighted by molar-refractivity contribution is 7.90. The fraction of sp³-hybridized carbons (Fsp3) is 1.00. The Hall–Kier alpha value is -0.620. The molecule has 1 aliphatic rings. The summed E-state index contributed by atoms with van der Waals surface area (Å²) in [5.74, 6) is -6.76. The predicted octanol–water partition coefficient (Wildman–Crippen LogP) is 2.00. The van der Waals surface area contributed by atoms with E-state index in [1.54, 1.807) is 0 Å². The topological polar surface area (TPSA) is 66.4 Å². The van der Waals surface area contributed by atoms with Crippen LogP contribution in [0.15, 0.2) is 0 Å². The van der Waals surface area contributed by atoms with Crippen LogP contribution in [0.3, 0.4) is 0 Å². The van der Waals surface area contributed by atoms with Gasteiger partial charge in [-0.25, -0.2) is 13.1 Å². The fourth-order valence-electron chi connectivity index (χ4n) is 1.86. The van der Waals surface area contributed by atoms with E-state index in [-0.39, 0.29) is 12.8 Å². The molecule has 126 valence electrons. The zero-order valence-corrected chi connectivity index (χ0v) is 11.1. The van der Waals surface area contributed by atoms with Crippen LogP contribution in [0.25, 0.3) is 0 Å². The molecule has 0 aromatic rings. The molecule has 0 spiro atoms. The first-order valence-electron chi connectivity index (χ1n) is 5.76. The van der Waals surface area contributed by atoms with Crippen molar-refractivity contribution in [3.63, 3.8) is 0 Å². The van der Waals surface area contributed by atoms with Gasteiger partial charge in [0, 0.05) is 6.04 Å². The molecule has 0 bridgehead atoms. The smallest absolute Gasteiger partial charge is 0.391 e. The third kappa shape index (κ3) is 3.26. The minimum absolute atomic E-state index is 0.0222. The molecule has 0 radical (unpaired) electrons. The number of hydrogen-bond donors (Lipinski definition) is 2. The molecule has 2 unspecified atom stereocenters. The maximum Gasteiger partial charge on any atom is 0.461 e. The fourth-order valence-corrected chi connectivity index (χ4v) is 3.13. The highest BCUT2D eigenvalue weighted by atomic mass is 32.2. The van der Waals surface area contributed by atoms with Crippen LogP contribution < -0.4 is 4.72 Å². The summed E-state index contributed by atoms with van der Waals surface area (Å²) < 4.78 is 111. The van der Waals surface area contributed by atoms with Crippen molar-refractivity contribution in [3.8, 4) is 0 Å². The number of halogens is 7. The Bertz CT molecular complexity index is 476. The van der Waals surface area contributed by atoms with Gasteiger partial charge in [-0.3, -0.25) is 0 Å². The largest absolute Gasteiger partial charge is 0.461 e. The molecule has 0 saturated heterocycles. The van der Waals surface area contributed by atoms with Gasteiger partial charge < -0.3 is 5.11 Å². The number of aliphatic hydroxyl groups is 1. The van der Waals surface area contributed by atoms with Crippen LogP contribution in [-0.2, 0) is 10.0 Å². The lowest BCUT2D eigenvalue weighted by atomic mass is 9.93. The first-order valence-corrected chi connectivity index (χ1v) is 7.24. The summed E-state index contributed by atoms with van der Waals surface area (Å²) in [5, 5.41) is 2.99. The van der Waals surface area contributed by atoms with Crippen molar-refractivity contribution in [3.05, 3.63) is 0 Å². The second kappa shape index (κ2) is 5.54. The highest BCUT2D eigenvalue weighted by Crippen LogP contribution is 2.48. The third-order valence-corrected chi connectivity index (χ3v) is 4.64. The van der Waals surface area contributed by atoms with Gasteiger partial charge in [0.1, 0.15) is 0 Å². The van der Waals surface area contributed by atoms with Crippen molar-refractivity contribution in [2.24, 2.45) is 0 Å². The Labute approximate surface area is 115 Å². The first-order chi connectivity index (χ1) is 9.24. The molecule has 0 aromatic heterocycles. The molecule has 1 aliphatic carbocycles. The van der Waals surface area contributed by atoms with E-state index in [0.717, 1.165) is 4.72 Å². The molecule has 0 amide bonds. The third-order valence-electron chi connectivity index (χ3n) is 3.10. The van der Waals surface area contributed by atoms with Crippen LogP contribution >= 0.6 is 0 Å². The van der Waals surface area contributed by atoms with E-state index in [0.29, 0.717) is 12.8 Å². The standard InChI is InChI=1S/C9H12F7NO3S/c10-7(11,8(12,13)14)9(15,16)21(19,20)17-5-3-1-2-4-6(5)18/h5-6,17-18H,1-4H2. The van der Waals surface area contributed by atoms with Crippen LogP contribution in [0.1, 0.15) is 25.7 Å². The molecule has 0 aromatic carbocycles. The number of rotatable bonds is 4. The molecule has 1 saturated carbocycles. The van der Waals surface area contributed by atoms with Crippen LogP contribution in [0.4, 0.5) is 30.7 Å². The summed E-state index contributed by atoms with van der Waals surface area (Å²) in [6, 6.07) is -1.53. The molecule has 0 aliphatic heterocycles. The molecule has 1 rings (SSSR count). The van der Waals surface area contributed by atoms with E-state index in [1.165, 1.54) is 0 Å². The number of hydrogen-bond acceptors (Lipinski definition) is 3. The van der Waals surface area contributed by atoms with E-state index < -0.39 is 39.5 Å². The van der Waals surface area contributed by atoms with Crippen molar-refractivity contribution >= 4 is 10.0 Å². The Morgan fingerprint density at radius 1 is 0.952 bits per heavy atom. The Morgan fingerprint density at radius 3 is 1.86 bits per heavy atom. The SMILES string of the molecule is O=S(=O)(NC1CCCCC1O)C(F)(F)C(F)(F)C(F)(F)F. The lowest BCUT2D eigenvalue weighted by molar-refractivity contribution is -0.332.